The molecule has 0 aromatic heterocycles. The van der Waals surface area contributed by atoms with E-state index in [4.69, 9.17) is 32.7 Å². The SMILES string of the molecule is COc1cc(CBr)cc(Cl)c1OCc1ccc(F)c(Cl)c1. The predicted octanol–water partition coefficient (Wildman–Crippen LogP) is 5.62. The van der Waals surface area contributed by atoms with E-state index in [1.54, 1.807) is 19.2 Å². The van der Waals surface area contributed by atoms with E-state index in [0.29, 0.717) is 21.9 Å². The number of ether oxygens (including phenoxy) is 2. The van der Waals surface area contributed by atoms with Crippen LogP contribution in [0.15, 0.2) is 30.3 Å². The van der Waals surface area contributed by atoms with Gasteiger partial charge < -0.3 is 9.47 Å². The molecular weight excluding hydrogens is 382 g/mol. The summed E-state index contributed by atoms with van der Waals surface area (Å²) in [7, 11) is 1.55. The van der Waals surface area contributed by atoms with Gasteiger partial charge in [-0.05, 0) is 35.4 Å². The van der Waals surface area contributed by atoms with Crippen LogP contribution in [-0.2, 0) is 11.9 Å². The predicted molar refractivity (Wildman–Crippen MR) is 86.4 cm³/mol. The minimum atomic E-state index is -0.460. The molecule has 0 saturated carbocycles. The van der Waals surface area contributed by atoms with Crippen LogP contribution < -0.4 is 9.47 Å². The molecule has 0 atom stereocenters. The van der Waals surface area contributed by atoms with E-state index in [2.05, 4.69) is 15.9 Å². The fourth-order valence-corrected chi connectivity index (χ4v) is 2.59. The van der Waals surface area contributed by atoms with Crippen molar-refractivity contribution in [1.82, 2.24) is 0 Å². The summed E-state index contributed by atoms with van der Waals surface area (Å²) in [6.07, 6.45) is 0. The van der Waals surface area contributed by atoms with Crippen LogP contribution in [0, 0.1) is 5.82 Å². The molecule has 0 spiro atoms. The summed E-state index contributed by atoms with van der Waals surface area (Å²) in [6, 6.07) is 8.06. The van der Waals surface area contributed by atoms with E-state index < -0.39 is 5.82 Å². The first-order valence-electron chi connectivity index (χ1n) is 6.04. The molecule has 0 amide bonds. The molecule has 21 heavy (non-hydrogen) atoms. The molecule has 2 aromatic rings. The third-order valence-corrected chi connectivity index (χ3v) is 4.03. The molecule has 6 heteroatoms. The summed E-state index contributed by atoms with van der Waals surface area (Å²) < 4.78 is 24.1. The van der Waals surface area contributed by atoms with E-state index in [9.17, 15) is 4.39 Å². The highest BCUT2D eigenvalue weighted by molar-refractivity contribution is 9.08. The molecule has 0 unspecified atom stereocenters. The van der Waals surface area contributed by atoms with Gasteiger partial charge >= 0.3 is 0 Å². The van der Waals surface area contributed by atoms with Crippen molar-refractivity contribution in [3.63, 3.8) is 0 Å². The van der Waals surface area contributed by atoms with E-state index in [1.807, 2.05) is 6.07 Å². The van der Waals surface area contributed by atoms with Gasteiger partial charge in [-0.15, -0.1) is 0 Å². The van der Waals surface area contributed by atoms with Crippen molar-refractivity contribution in [2.45, 2.75) is 11.9 Å². The smallest absolute Gasteiger partial charge is 0.180 e. The molecule has 0 fully saturated rings. The number of halogens is 4. The van der Waals surface area contributed by atoms with E-state index in [1.165, 1.54) is 12.1 Å². The van der Waals surface area contributed by atoms with Crippen LogP contribution in [-0.4, -0.2) is 7.11 Å². The normalized spacial score (nSPS) is 10.5. The Hall–Kier alpha value is -0.970. The Bertz CT molecular complexity index is 650. The lowest BCUT2D eigenvalue weighted by molar-refractivity contribution is 0.284. The van der Waals surface area contributed by atoms with Crippen molar-refractivity contribution in [1.29, 1.82) is 0 Å². The maximum atomic E-state index is 13.1. The maximum absolute atomic E-state index is 13.1. The zero-order valence-corrected chi connectivity index (χ0v) is 14.2. The van der Waals surface area contributed by atoms with Crippen molar-refractivity contribution in [3.05, 3.63) is 57.3 Å². The van der Waals surface area contributed by atoms with Crippen LogP contribution >= 0.6 is 39.1 Å². The van der Waals surface area contributed by atoms with E-state index >= 15 is 0 Å². The topological polar surface area (TPSA) is 18.5 Å². The van der Waals surface area contributed by atoms with Gasteiger partial charge in [-0.1, -0.05) is 45.2 Å². The molecular formula is C15H12BrCl2FO2. The molecule has 2 rings (SSSR count). The summed E-state index contributed by atoms with van der Waals surface area (Å²) in [6.45, 7) is 0.212. The molecule has 0 aliphatic heterocycles. The Morgan fingerprint density at radius 1 is 1.10 bits per heavy atom. The Labute approximate surface area is 140 Å². The van der Waals surface area contributed by atoms with E-state index in [0.717, 1.165) is 11.1 Å². The standard InChI is InChI=1S/C15H12BrCl2FO2/c1-20-14-6-10(7-16)5-12(18)15(14)21-8-9-2-3-13(19)11(17)4-9/h2-6H,7-8H2,1H3. The summed E-state index contributed by atoms with van der Waals surface area (Å²) in [5.41, 5.74) is 1.72. The first kappa shape index (κ1) is 16.4. The molecule has 2 nitrogen and oxygen atoms in total. The first-order valence-corrected chi connectivity index (χ1v) is 7.92. The summed E-state index contributed by atoms with van der Waals surface area (Å²) >= 11 is 15.3. The van der Waals surface area contributed by atoms with Crippen LogP contribution in [0.3, 0.4) is 0 Å². The minimum Gasteiger partial charge on any atom is -0.493 e. The zero-order valence-electron chi connectivity index (χ0n) is 11.1. The molecule has 2 aromatic carbocycles. The fraction of sp³-hybridized carbons (Fsp3) is 0.200. The Kier molecular flexibility index (Phi) is 5.73. The number of benzene rings is 2. The van der Waals surface area contributed by atoms with Gasteiger partial charge in [0.2, 0.25) is 0 Å². The van der Waals surface area contributed by atoms with Crippen molar-refractivity contribution in [2.75, 3.05) is 7.11 Å². The Morgan fingerprint density at radius 3 is 2.43 bits per heavy atom. The fourth-order valence-electron chi connectivity index (χ4n) is 1.78. The average molecular weight is 394 g/mol. The molecule has 0 saturated heterocycles. The monoisotopic (exact) mass is 392 g/mol. The van der Waals surface area contributed by atoms with Gasteiger partial charge in [0.25, 0.3) is 0 Å². The van der Waals surface area contributed by atoms with Crippen LogP contribution in [0.2, 0.25) is 10.0 Å². The van der Waals surface area contributed by atoms with Gasteiger partial charge in [0.1, 0.15) is 12.4 Å². The van der Waals surface area contributed by atoms with Crippen molar-refractivity contribution in [2.24, 2.45) is 0 Å². The lowest BCUT2D eigenvalue weighted by Gasteiger charge is -2.14. The largest absolute Gasteiger partial charge is 0.493 e. The van der Waals surface area contributed by atoms with Gasteiger partial charge in [0.05, 0.1) is 17.2 Å². The Morgan fingerprint density at radius 2 is 1.81 bits per heavy atom. The lowest BCUT2D eigenvalue weighted by Crippen LogP contribution is -1.99. The van der Waals surface area contributed by atoms with Gasteiger partial charge in [-0.2, -0.15) is 0 Å². The first-order chi connectivity index (χ1) is 10.0. The number of alkyl halides is 1. The lowest BCUT2D eigenvalue weighted by atomic mass is 10.2. The highest BCUT2D eigenvalue weighted by atomic mass is 79.9. The molecule has 0 bridgehead atoms. The molecule has 112 valence electrons. The maximum Gasteiger partial charge on any atom is 0.180 e. The summed E-state index contributed by atoms with van der Waals surface area (Å²) in [5, 5.41) is 1.18. The molecule has 0 aliphatic rings. The van der Waals surface area contributed by atoms with Crippen molar-refractivity contribution < 1.29 is 13.9 Å². The second kappa shape index (κ2) is 7.34. The molecule has 0 radical (unpaired) electrons. The van der Waals surface area contributed by atoms with Crippen LogP contribution in [0.25, 0.3) is 0 Å². The van der Waals surface area contributed by atoms with Crippen LogP contribution in [0.4, 0.5) is 4.39 Å². The quantitative estimate of drug-likeness (QED) is 0.614. The third-order valence-electron chi connectivity index (χ3n) is 2.81. The second-order valence-corrected chi connectivity index (χ2v) is 5.65. The van der Waals surface area contributed by atoms with Crippen molar-refractivity contribution in [3.8, 4) is 11.5 Å². The van der Waals surface area contributed by atoms with Gasteiger partial charge in [0, 0.05) is 5.33 Å². The number of hydrogen-bond donors (Lipinski definition) is 0. The van der Waals surface area contributed by atoms with Gasteiger partial charge in [-0.25, -0.2) is 4.39 Å². The van der Waals surface area contributed by atoms with E-state index in [-0.39, 0.29) is 11.6 Å². The van der Waals surface area contributed by atoms with Gasteiger partial charge in [0.15, 0.2) is 11.5 Å². The number of rotatable bonds is 5. The minimum absolute atomic E-state index is 0.0591. The third kappa shape index (κ3) is 4.02. The molecule has 0 N–H and O–H groups in total. The Balaban J connectivity index is 2.21. The van der Waals surface area contributed by atoms with Crippen LogP contribution in [0.5, 0.6) is 11.5 Å². The molecule has 0 heterocycles. The van der Waals surface area contributed by atoms with Crippen molar-refractivity contribution >= 4 is 39.1 Å². The molecule has 0 aliphatic carbocycles. The highest BCUT2D eigenvalue weighted by Crippen LogP contribution is 2.37. The zero-order chi connectivity index (χ0) is 15.4. The van der Waals surface area contributed by atoms with Gasteiger partial charge in [-0.3, -0.25) is 0 Å². The average Bonchev–Trinajstić information content (AvgIpc) is 2.48. The second-order valence-electron chi connectivity index (χ2n) is 4.28. The number of hydrogen-bond acceptors (Lipinski definition) is 2. The van der Waals surface area contributed by atoms with Crippen LogP contribution in [0.1, 0.15) is 11.1 Å². The summed E-state index contributed by atoms with van der Waals surface area (Å²) in [5.74, 6) is 0.534. The number of methoxy groups -OCH3 is 1. The summed E-state index contributed by atoms with van der Waals surface area (Å²) in [4.78, 5) is 0. The highest BCUT2D eigenvalue weighted by Gasteiger charge is 2.12.